The molecule has 2 saturated heterocycles. The minimum Gasteiger partial charge on any atom is -0.342 e. The highest BCUT2D eigenvalue weighted by atomic mass is 16.2. The number of carbonyl (C=O) groups excluding carboxylic acids is 2. The number of rotatable bonds is 2. The molecule has 7 heteroatoms. The van der Waals surface area contributed by atoms with Crippen LogP contribution in [0.2, 0.25) is 0 Å². The van der Waals surface area contributed by atoms with Gasteiger partial charge in [0.05, 0.1) is 5.92 Å². The van der Waals surface area contributed by atoms with Crippen LogP contribution < -0.4 is 5.69 Å². The van der Waals surface area contributed by atoms with Gasteiger partial charge < -0.3 is 14.8 Å². The summed E-state index contributed by atoms with van der Waals surface area (Å²) in [5, 5.41) is 0. The molecule has 0 saturated carbocycles. The van der Waals surface area contributed by atoms with Gasteiger partial charge in [0.2, 0.25) is 5.91 Å². The zero-order valence-corrected chi connectivity index (χ0v) is 15.9. The molecule has 0 bridgehead atoms. The molecule has 2 fully saturated rings. The normalized spacial score (nSPS) is 21.1. The molecule has 2 aliphatic rings. The van der Waals surface area contributed by atoms with Crippen LogP contribution in [0.1, 0.15) is 62.6 Å². The number of aromatic nitrogens is 2. The molecule has 3 rings (SSSR count). The average molecular weight is 360 g/mol. The molecule has 2 aliphatic heterocycles. The van der Waals surface area contributed by atoms with Crippen LogP contribution in [0.3, 0.4) is 0 Å². The monoisotopic (exact) mass is 360 g/mol. The summed E-state index contributed by atoms with van der Waals surface area (Å²) in [4.78, 5) is 47.6. The van der Waals surface area contributed by atoms with E-state index in [0.29, 0.717) is 18.8 Å². The molecule has 2 amide bonds. The van der Waals surface area contributed by atoms with Crippen LogP contribution in [0.4, 0.5) is 0 Å². The van der Waals surface area contributed by atoms with Crippen LogP contribution in [-0.2, 0) is 10.2 Å². The number of nitrogens with zero attached hydrogens (tertiary/aromatic N) is 3. The minimum atomic E-state index is -0.512. The molecule has 0 unspecified atom stereocenters. The Bertz CT molecular complexity index is 744. The summed E-state index contributed by atoms with van der Waals surface area (Å²) in [5.41, 5.74) is 0.0470. The third-order valence-electron chi connectivity index (χ3n) is 5.25. The molecule has 1 aromatic heterocycles. The van der Waals surface area contributed by atoms with E-state index >= 15 is 0 Å². The number of hydrogen-bond acceptors (Lipinski definition) is 4. The third-order valence-corrected chi connectivity index (χ3v) is 5.25. The SMILES string of the molecule is CC(C)(C)c1cc(C(=O)N2CCC[C@@H](C(=O)N3CCCC3)C2)nc(=O)[nH]1. The summed E-state index contributed by atoms with van der Waals surface area (Å²) < 4.78 is 0. The number of hydrogen-bond donors (Lipinski definition) is 1. The van der Waals surface area contributed by atoms with Crippen molar-refractivity contribution in [2.75, 3.05) is 26.2 Å². The van der Waals surface area contributed by atoms with Crippen molar-refractivity contribution >= 4 is 11.8 Å². The number of nitrogens with one attached hydrogen (secondary N) is 1. The van der Waals surface area contributed by atoms with Gasteiger partial charge in [-0.3, -0.25) is 9.59 Å². The maximum atomic E-state index is 12.9. The van der Waals surface area contributed by atoms with Crippen LogP contribution in [-0.4, -0.2) is 57.8 Å². The number of carbonyl (C=O) groups is 2. The molecule has 26 heavy (non-hydrogen) atoms. The van der Waals surface area contributed by atoms with E-state index in [9.17, 15) is 14.4 Å². The zero-order chi connectivity index (χ0) is 18.9. The Morgan fingerprint density at radius 3 is 2.42 bits per heavy atom. The summed E-state index contributed by atoms with van der Waals surface area (Å²) in [6, 6.07) is 1.66. The summed E-state index contributed by atoms with van der Waals surface area (Å²) in [6.45, 7) is 8.58. The lowest BCUT2D eigenvalue weighted by molar-refractivity contribution is -0.135. The highest BCUT2D eigenvalue weighted by Crippen LogP contribution is 2.23. The zero-order valence-electron chi connectivity index (χ0n) is 15.9. The Kier molecular flexibility index (Phi) is 5.16. The van der Waals surface area contributed by atoms with Crippen molar-refractivity contribution in [2.24, 2.45) is 5.92 Å². The minimum absolute atomic E-state index is 0.144. The third kappa shape index (κ3) is 3.97. The smallest absolute Gasteiger partial charge is 0.342 e. The first kappa shape index (κ1) is 18.6. The molecule has 0 radical (unpaired) electrons. The van der Waals surface area contributed by atoms with Gasteiger partial charge in [0, 0.05) is 37.3 Å². The second-order valence-electron chi connectivity index (χ2n) is 8.36. The van der Waals surface area contributed by atoms with E-state index in [1.807, 2.05) is 25.7 Å². The Morgan fingerprint density at radius 1 is 1.12 bits per heavy atom. The topological polar surface area (TPSA) is 86.4 Å². The molecule has 1 N–H and O–H groups in total. The highest BCUT2D eigenvalue weighted by Gasteiger charge is 2.33. The van der Waals surface area contributed by atoms with Gasteiger partial charge in [-0.2, -0.15) is 4.98 Å². The first-order valence-corrected chi connectivity index (χ1v) is 9.45. The summed E-state index contributed by atoms with van der Waals surface area (Å²) in [6.07, 6.45) is 3.74. The second-order valence-corrected chi connectivity index (χ2v) is 8.36. The summed E-state index contributed by atoms with van der Waals surface area (Å²) in [5.74, 6) is -0.246. The van der Waals surface area contributed by atoms with E-state index in [1.54, 1.807) is 11.0 Å². The Morgan fingerprint density at radius 2 is 1.77 bits per heavy atom. The number of aromatic amines is 1. The molecule has 7 nitrogen and oxygen atoms in total. The first-order chi connectivity index (χ1) is 12.3. The fraction of sp³-hybridized carbons (Fsp3) is 0.684. The second kappa shape index (κ2) is 7.21. The van der Waals surface area contributed by atoms with Crippen molar-refractivity contribution in [1.82, 2.24) is 19.8 Å². The van der Waals surface area contributed by atoms with Crippen LogP contribution in [0, 0.1) is 5.92 Å². The van der Waals surface area contributed by atoms with Crippen molar-refractivity contribution in [1.29, 1.82) is 0 Å². The number of H-pyrrole nitrogens is 1. The van der Waals surface area contributed by atoms with Gasteiger partial charge in [0.15, 0.2) is 0 Å². The molecular weight excluding hydrogens is 332 g/mol. The molecule has 0 spiro atoms. The van der Waals surface area contributed by atoms with Crippen LogP contribution >= 0.6 is 0 Å². The van der Waals surface area contributed by atoms with E-state index in [-0.39, 0.29) is 28.8 Å². The molecule has 142 valence electrons. The van der Waals surface area contributed by atoms with E-state index < -0.39 is 5.69 Å². The van der Waals surface area contributed by atoms with Crippen molar-refractivity contribution in [2.45, 2.75) is 51.9 Å². The van der Waals surface area contributed by atoms with Gasteiger partial charge in [-0.25, -0.2) is 4.79 Å². The van der Waals surface area contributed by atoms with Gasteiger partial charge >= 0.3 is 5.69 Å². The fourth-order valence-corrected chi connectivity index (χ4v) is 3.69. The van der Waals surface area contributed by atoms with Crippen molar-refractivity contribution in [3.8, 4) is 0 Å². The van der Waals surface area contributed by atoms with Crippen molar-refractivity contribution in [3.63, 3.8) is 0 Å². The van der Waals surface area contributed by atoms with E-state index in [1.165, 1.54) is 0 Å². The van der Waals surface area contributed by atoms with E-state index in [4.69, 9.17) is 0 Å². The van der Waals surface area contributed by atoms with E-state index in [2.05, 4.69) is 9.97 Å². The predicted octanol–water partition coefficient (Wildman–Crippen LogP) is 1.54. The van der Waals surface area contributed by atoms with Crippen LogP contribution in [0.5, 0.6) is 0 Å². The lowest BCUT2D eigenvalue weighted by Gasteiger charge is -2.33. The molecule has 0 aromatic carbocycles. The summed E-state index contributed by atoms with van der Waals surface area (Å²) in [7, 11) is 0. The first-order valence-electron chi connectivity index (χ1n) is 9.45. The Labute approximate surface area is 153 Å². The number of likely N-dealkylation sites (tertiary alicyclic amines) is 2. The lowest BCUT2D eigenvalue weighted by Crippen LogP contribution is -2.46. The lowest BCUT2D eigenvalue weighted by atomic mass is 9.91. The fourth-order valence-electron chi connectivity index (χ4n) is 3.69. The van der Waals surface area contributed by atoms with Gasteiger partial charge in [-0.15, -0.1) is 0 Å². The Hall–Kier alpha value is -2.18. The largest absolute Gasteiger partial charge is 0.345 e. The number of piperidine rings is 1. The van der Waals surface area contributed by atoms with Gasteiger partial charge in [0.1, 0.15) is 5.69 Å². The summed E-state index contributed by atoms with van der Waals surface area (Å²) >= 11 is 0. The van der Waals surface area contributed by atoms with Gasteiger partial charge in [-0.1, -0.05) is 20.8 Å². The molecule has 0 aliphatic carbocycles. The maximum absolute atomic E-state index is 12.9. The molecular formula is C19H28N4O3. The van der Waals surface area contributed by atoms with Crippen molar-refractivity contribution in [3.05, 3.63) is 27.9 Å². The van der Waals surface area contributed by atoms with E-state index in [0.717, 1.165) is 38.8 Å². The average Bonchev–Trinajstić information content (AvgIpc) is 3.14. The predicted molar refractivity (Wildman–Crippen MR) is 98.0 cm³/mol. The molecule has 1 aromatic rings. The molecule has 1 atom stereocenters. The standard InChI is InChI=1S/C19H28N4O3/c1-19(2,3)15-11-14(20-18(26)21-15)17(25)23-10-6-7-13(12-23)16(24)22-8-4-5-9-22/h11,13H,4-10,12H2,1-3H3,(H,20,21,26)/t13-/m1/s1. The van der Waals surface area contributed by atoms with Gasteiger partial charge in [0.25, 0.3) is 5.91 Å². The molecule has 3 heterocycles. The number of amides is 2. The Balaban J connectivity index is 1.76. The maximum Gasteiger partial charge on any atom is 0.345 e. The highest BCUT2D eigenvalue weighted by molar-refractivity contribution is 5.93. The van der Waals surface area contributed by atoms with Crippen LogP contribution in [0.15, 0.2) is 10.9 Å². The van der Waals surface area contributed by atoms with Crippen molar-refractivity contribution < 1.29 is 9.59 Å². The quantitative estimate of drug-likeness (QED) is 0.867. The van der Waals surface area contributed by atoms with Gasteiger partial charge in [-0.05, 0) is 31.7 Å². The van der Waals surface area contributed by atoms with Crippen LogP contribution in [0.25, 0.3) is 0 Å².